The lowest BCUT2D eigenvalue weighted by Crippen LogP contribution is -2.54. The van der Waals surface area contributed by atoms with E-state index in [1.54, 1.807) is 26.2 Å². The zero-order chi connectivity index (χ0) is 35.2. The third kappa shape index (κ3) is 12.2. The maximum atomic E-state index is 13.0. The molecule has 49 heavy (non-hydrogen) atoms. The molecule has 3 aliphatic rings. The van der Waals surface area contributed by atoms with Crippen molar-refractivity contribution in [1.82, 2.24) is 16.0 Å². The Morgan fingerprint density at radius 1 is 1.02 bits per heavy atom. The van der Waals surface area contributed by atoms with Gasteiger partial charge in [0.25, 0.3) is 0 Å². The summed E-state index contributed by atoms with van der Waals surface area (Å²) < 4.78 is 45.1. The number of benzene rings is 1. The average Bonchev–Trinajstić information content (AvgIpc) is 3.53. The molecule has 0 radical (unpaired) electrons. The standard InChI is InChI=1S/C34H51N3O12/c1-5-43-31(39)27(15-22(2)3)37-30(38)11-9-24-17-26(47-33(41)36-19-23-8-10-28-29(16-23)46-21-45-28)18-34(48-24)12-6-7-25(49-34)20-44-32(40)35-13-14-42-4/h8,10,16,22,24-27H,5-7,9,11-15,17-21H2,1-4H3,(H,35,40)(H,36,41)(H,37,38)/t24?,25?,26?,27-,34?/m0/s1. The molecule has 1 aromatic rings. The number of rotatable bonds is 16. The monoisotopic (exact) mass is 693 g/mol. The summed E-state index contributed by atoms with van der Waals surface area (Å²) in [7, 11) is 1.54. The van der Waals surface area contributed by atoms with Crippen molar-refractivity contribution in [3.63, 3.8) is 0 Å². The highest BCUT2D eigenvalue weighted by molar-refractivity contribution is 5.84. The molecule has 274 valence electrons. The Kier molecular flexibility index (Phi) is 14.6. The number of esters is 1. The Morgan fingerprint density at radius 3 is 2.59 bits per heavy atom. The van der Waals surface area contributed by atoms with Gasteiger partial charge in [0.05, 0.1) is 25.4 Å². The van der Waals surface area contributed by atoms with Crippen LogP contribution in [0.1, 0.15) is 77.7 Å². The molecule has 4 rings (SSSR count). The predicted molar refractivity (Wildman–Crippen MR) is 174 cm³/mol. The van der Waals surface area contributed by atoms with E-state index < -0.39 is 48.3 Å². The molecule has 1 aromatic carbocycles. The molecular formula is C34H51N3O12. The van der Waals surface area contributed by atoms with Gasteiger partial charge in [0.15, 0.2) is 17.3 Å². The number of alkyl carbamates (subject to hydrolysis) is 2. The number of hydrogen-bond donors (Lipinski definition) is 3. The first-order chi connectivity index (χ1) is 23.6. The number of carbonyl (C=O) groups excluding carboxylic acids is 4. The SMILES string of the molecule is CCOC(=O)[C@H](CC(C)C)NC(=O)CCC1CC(OC(=O)NCc2ccc3c(c2)OCO3)CC2(CCCC(COC(=O)NCCOC)O2)O1. The van der Waals surface area contributed by atoms with Crippen molar-refractivity contribution < 1.29 is 57.1 Å². The van der Waals surface area contributed by atoms with Gasteiger partial charge in [-0.2, -0.15) is 0 Å². The highest BCUT2D eigenvalue weighted by Gasteiger charge is 2.47. The van der Waals surface area contributed by atoms with Crippen molar-refractivity contribution in [1.29, 1.82) is 0 Å². The summed E-state index contributed by atoms with van der Waals surface area (Å²) in [6.45, 7) is 6.94. The van der Waals surface area contributed by atoms with Crippen LogP contribution in [-0.4, -0.2) is 94.5 Å². The van der Waals surface area contributed by atoms with Gasteiger partial charge in [0.2, 0.25) is 12.7 Å². The second-order valence-electron chi connectivity index (χ2n) is 12.8. The van der Waals surface area contributed by atoms with Crippen LogP contribution < -0.4 is 25.4 Å². The van der Waals surface area contributed by atoms with Gasteiger partial charge in [-0.25, -0.2) is 14.4 Å². The molecule has 3 amide bonds. The summed E-state index contributed by atoms with van der Waals surface area (Å²) in [6, 6.07) is 4.68. The predicted octanol–water partition coefficient (Wildman–Crippen LogP) is 3.70. The van der Waals surface area contributed by atoms with E-state index in [1.165, 1.54) is 0 Å². The summed E-state index contributed by atoms with van der Waals surface area (Å²) in [4.78, 5) is 50.6. The number of methoxy groups -OCH3 is 1. The molecule has 0 saturated carbocycles. The van der Waals surface area contributed by atoms with E-state index in [4.69, 9.17) is 37.9 Å². The third-order valence-electron chi connectivity index (χ3n) is 8.34. The van der Waals surface area contributed by atoms with E-state index in [0.717, 1.165) is 12.0 Å². The van der Waals surface area contributed by atoms with Gasteiger partial charge in [-0.05, 0) is 56.2 Å². The topological polar surface area (TPSA) is 178 Å². The fourth-order valence-electron chi connectivity index (χ4n) is 6.14. The van der Waals surface area contributed by atoms with Crippen molar-refractivity contribution in [3.05, 3.63) is 23.8 Å². The molecule has 3 N–H and O–H groups in total. The van der Waals surface area contributed by atoms with Gasteiger partial charge >= 0.3 is 18.2 Å². The van der Waals surface area contributed by atoms with Crippen LogP contribution in [0.3, 0.4) is 0 Å². The largest absolute Gasteiger partial charge is 0.464 e. The second-order valence-corrected chi connectivity index (χ2v) is 12.8. The van der Waals surface area contributed by atoms with Crippen LogP contribution in [0.25, 0.3) is 0 Å². The first-order valence-corrected chi connectivity index (χ1v) is 17.1. The van der Waals surface area contributed by atoms with E-state index in [2.05, 4.69) is 16.0 Å². The minimum absolute atomic E-state index is 0.0175. The lowest BCUT2D eigenvalue weighted by atomic mass is 9.90. The first-order valence-electron chi connectivity index (χ1n) is 17.1. The van der Waals surface area contributed by atoms with Crippen molar-refractivity contribution in [2.75, 3.05) is 40.3 Å². The summed E-state index contributed by atoms with van der Waals surface area (Å²) in [5, 5.41) is 8.22. The minimum atomic E-state index is -1.11. The normalized spacial score (nSPS) is 23.4. The Hall–Kier alpha value is -3.82. The van der Waals surface area contributed by atoms with Gasteiger partial charge in [-0.15, -0.1) is 0 Å². The lowest BCUT2D eigenvalue weighted by Gasteiger charge is -2.47. The number of carbonyl (C=O) groups is 4. The number of fused-ring (bicyclic) bond motifs is 1. The molecule has 4 unspecified atom stereocenters. The molecule has 0 aliphatic carbocycles. The van der Waals surface area contributed by atoms with Crippen LogP contribution in [0.2, 0.25) is 0 Å². The molecule has 2 fully saturated rings. The number of hydrogen-bond acceptors (Lipinski definition) is 12. The maximum Gasteiger partial charge on any atom is 0.407 e. The Morgan fingerprint density at radius 2 is 1.82 bits per heavy atom. The first kappa shape index (κ1) is 38.0. The second kappa shape index (κ2) is 18.8. The van der Waals surface area contributed by atoms with Crippen LogP contribution in [0.15, 0.2) is 18.2 Å². The zero-order valence-electron chi connectivity index (χ0n) is 28.9. The van der Waals surface area contributed by atoms with Crippen LogP contribution in [0, 0.1) is 5.92 Å². The molecule has 2 saturated heterocycles. The summed E-state index contributed by atoms with van der Waals surface area (Å²) in [5.41, 5.74) is 0.817. The van der Waals surface area contributed by atoms with Gasteiger partial charge in [-0.3, -0.25) is 4.79 Å². The third-order valence-corrected chi connectivity index (χ3v) is 8.34. The molecule has 15 heteroatoms. The highest BCUT2D eigenvalue weighted by atomic mass is 16.7. The zero-order valence-corrected chi connectivity index (χ0v) is 28.9. The molecular weight excluding hydrogens is 642 g/mol. The van der Waals surface area contributed by atoms with Crippen molar-refractivity contribution in [3.8, 4) is 11.5 Å². The quantitative estimate of drug-likeness (QED) is 0.130. The number of ether oxygens (including phenoxy) is 8. The molecule has 15 nitrogen and oxygen atoms in total. The van der Waals surface area contributed by atoms with E-state index in [9.17, 15) is 19.2 Å². The number of amides is 3. The average molecular weight is 694 g/mol. The van der Waals surface area contributed by atoms with Gasteiger partial charge in [0.1, 0.15) is 18.8 Å². The highest BCUT2D eigenvalue weighted by Crippen LogP contribution is 2.41. The van der Waals surface area contributed by atoms with Gasteiger partial charge < -0.3 is 53.8 Å². The smallest absolute Gasteiger partial charge is 0.407 e. The molecule has 0 bridgehead atoms. The minimum Gasteiger partial charge on any atom is -0.464 e. The molecule has 1 spiro atoms. The summed E-state index contributed by atoms with van der Waals surface area (Å²) in [6.07, 6.45) is 0.651. The van der Waals surface area contributed by atoms with Crippen LogP contribution in [0.5, 0.6) is 11.5 Å². The van der Waals surface area contributed by atoms with E-state index >= 15 is 0 Å². The van der Waals surface area contributed by atoms with Crippen molar-refractivity contribution >= 4 is 24.1 Å². The van der Waals surface area contributed by atoms with Crippen molar-refractivity contribution in [2.45, 2.75) is 109 Å². The Balaban J connectivity index is 1.37. The number of nitrogens with one attached hydrogen (secondary N) is 3. The maximum absolute atomic E-state index is 13.0. The molecule has 5 atom stereocenters. The fourth-order valence-corrected chi connectivity index (χ4v) is 6.14. The fraction of sp³-hybridized carbons (Fsp3) is 0.706. The Bertz CT molecular complexity index is 1260. The molecule has 3 aliphatic heterocycles. The summed E-state index contributed by atoms with van der Waals surface area (Å²) in [5.74, 6) is -0.444. The van der Waals surface area contributed by atoms with Crippen LogP contribution >= 0.6 is 0 Å². The van der Waals surface area contributed by atoms with E-state index in [0.29, 0.717) is 56.8 Å². The lowest BCUT2D eigenvalue weighted by molar-refractivity contribution is -0.329. The van der Waals surface area contributed by atoms with Gasteiger partial charge in [-0.1, -0.05) is 19.9 Å². The van der Waals surface area contributed by atoms with E-state index in [1.807, 2.05) is 19.9 Å². The van der Waals surface area contributed by atoms with Crippen molar-refractivity contribution in [2.24, 2.45) is 5.92 Å². The molecule has 3 heterocycles. The van der Waals surface area contributed by atoms with Crippen LogP contribution in [0.4, 0.5) is 9.59 Å². The van der Waals surface area contributed by atoms with Gasteiger partial charge in [0, 0.05) is 45.9 Å². The Labute approximate surface area is 287 Å². The molecule has 0 aromatic heterocycles. The van der Waals surface area contributed by atoms with Crippen LogP contribution in [-0.2, 0) is 44.6 Å². The summed E-state index contributed by atoms with van der Waals surface area (Å²) >= 11 is 0. The van der Waals surface area contributed by atoms with E-state index in [-0.39, 0.29) is 51.2 Å².